The molecular formula is C17H23FN4O2. The molecule has 6 nitrogen and oxygen atoms in total. The van der Waals surface area contributed by atoms with Crippen molar-refractivity contribution in [1.82, 2.24) is 20.0 Å². The van der Waals surface area contributed by atoms with Gasteiger partial charge in [-0.05, 0) is 24.7 Å². The Kier molecular flexibility index (Phi) is 5.11. The number of likely N-dealkylation sites (N-methyl/N-ethyl adjacent to an activating group) is 1. The monoisotopic (exact) mass is 334 g/mol. The lowest BCUT2D eigenvalue weighted by atomic mass is 10.1. The number of nitrogens with zero attached hydrogens (tertiary/aromatic N) is 3. The number of piperazine rings is 2. The quantitative estimate of drug-likeness (QED) is 0.764. The van der Waals surface area contributed by atoms with Crippen molar-refractivity contribution in [2.45, 2.75) is 12.6 Å². The van der Waals surface area contributed by atoms with E-state index in [9.17, 15) is 14.0 Å². The molecule has 0 spiro atoms. The van der Waals surface area contributed by atoms with E-state index < -0.39 is 11.8 Å². The lowest BCUT2D eigenvalue weighted by molar-refractivity contribution is -0.152. The van der Waals surface area contributed by atoms with Gasteiger partial charge in [-0.2, -0.15) is 0 Å². The fourth-order valence-corrected chi connectivity index (χ4v) is 3.27. The first-order chi connectivity index (χ1) is 11.5. The molecule has 1 unspecified atom stereocenters. The van der Waals surface area contributed by atoms with E-state index in [4.69, 9.17) is 0 Å². The molecule has 0 bridgehead atoms. The summed E-state index contributed by atoms with van der Waals surface area (Å²) in [5.41, 5.74) is 1.09. The number of hydrogen-bond donors (Lipinski definition) is 1. The van der Waals surface area contributed by atoms with E-state index >= 15 is 0 Å². The number of nitrogens with one attached hydrogen (secondary N) is 1. The predicted octanol–water partition coefficient (Wildman–Crippen LogP) is -0.0999. The minimum atomic E-state index is -0.487. The molecule has 2 fully saturated rings. The van der Waals surface area contributed by atoms with Crippen molar-refractivity contribution < 1.29 is 14.0 Å². The number of amides is 2. The Hall–Kier alpha value is -1.99. The number of halogens is 1. The molecule has 2 aliphatic rings. The highest BCUT2D eigenvalue weighted by Gasteiger charge is 2.37. The van der Waals surface area contributed by atoms with Gasteiger partial charge in [0.1, 0.15) is 5.82 Å². The van der Waals surface area contributed by atoms with Gasteiger partial charge in [-0.1, -0.05) is 12.1 Å². The molecule has 24 heavy (non-hydrogen) atoms. The molecule has 2 amide bonds. The highest BCUT2D eigenvalue weighted by Crippen LogP contribution is 2.13. The van der Waals surface area contributed by atoms with Gasteiger partial charge in [-0.15, -0.1) is 0 Å². The third-order valence-corrected chi connectivity index (χ3v) is 4.68. The van der Waals surface area contributed by atoms with E-state index in [-0.39, 0.29) is 11.9 Å². The summed E-state index contributed by atoms with van der Waals surface area (Å²) >= 11 is 0. The number of fused-ring (bicyclic) bond motifs is 1. The molecule has 2 aliphatic heterocycles. The average Bonchev–Trinajstić information content (AvgIpc) is 2.58. The summed E-state index contributed by atoms with van der Waals surface area (Å²) in [6.07, 6.45) is 0. The number of carbonyl (C=O) groups is 2. The SMILES string of the molecule is CN(CCN1CCN2C(=O)C(=O)NCC2C1)Cc1ccc(F)cc1. The van der Waals surface area contributed by atoms with Crippen LogP contribution < -0.4 is 5.32 Å². The van der Waals surface area contributed by atoms with Crippen LogP contribution in [0.3, 0.4) is 0 Å². The molecule has 0 aliphatic carbocycles. The van der Waals surface area contributed by atoms with Crippen LogP contribution in [0, 0.1) is 5.82 Å². The van der Waals surface area contributed by atoms with Gasteiger partial charge < -0.3 is 15.1 Å². The van der Waals surface area contributed by atoms with Crippen LogP contribution in [0.1, 0.15) is 5.56 Å². The van der Waals surface area contributed by atoms with Crippen LogP contribution in [-0.2, 0) is 16.1 Å². The molecule has 2 saturated heterocycles. The summed E-state index contributed by atoms with van der Waals surface area (Å²) in [6.45, 7) is 5.30. The Morgan fingerprint density at radius 1 is 1.25 bits per heavy atom. The van der Waals surface area contributed by atoms with Crippen LogP contribution in [0.15, 0.2) is 24.3 Å². The van der Waals surface area contributed by atoms with Crippen molar-refractivity contribution >= 4 is 11.8 Å². The summed E-state index contributed by atoms with van der Waals surface area (Å²) in [5, 5.41) is 2.66. The van der Waals surface area contributed by atoms with Crippen LogP contribution in [0.25, 0.3) is 0 Å². The number of benzene rings is 1. The predicted molar refractivity (Wildman–Crippen MR) is 87.7 cm³/mol. The van der Waals surface area contributed by atoms with E-state index in [1.165, 1.54) is 12.1 Å². The molecule has 0 saturated carbocycles. The van der Waals surface area contributed by atoms with E-state index in [0.29, 0.717) is 13.1 Å². The van der Waals surface area contributed by atoms with Crippen molar-refractivity contribution in [2.75, 3.05) is 46.3 Å². The zero-order valence-electron chi connectivity index (χ0n) is 13.9. The summed E-state index contributed by atoms with van der Waals surface area (Å²) < 4.78 is 12.9. The molecule has 1 aromatic carbocycles. The van der Waals surface area contributed by atoms with Crippen LogP contribution in [0.5, 0.6) is 0 Å². The molecule has 130 valence electrons. The van der Waals surface area contributed by atoms with E-state index in [1.54, 1.807) is 17.0 Å². The van der Waals surface area contributed by atoms with Gasteiger partial charge in [-0.25, -0.2) is 4.39 Å². The number of carbonyl (C=O) groups excluding carboxylic acids is 2. The van der Waals surface area contributed by atoms with Crippen molar-refractivity contribution in [2.24, 2.45) is 0 Å². The fourth-order valence-electron chi connectivity index (χ4n) is 3.27. The Morgan fingerprint density at radius 3 is 2.75 bits per heavy atom. The standard InChI is InChI=1S/C17H23FN4O2/c1-20(11-13-2-4-14(18)5-3-13)6-7-21-8-9-22-15(12-21)10-19-16(23)17(22)24/h2-5,15H,6-12H2,1H3,(H,19,23). The van der Waals surface area contributed by atoms with E-state index in [1.807, 2.05) is 7.05 Å². The molecule has 1 aromatic rings. The summed E-state index contributed by atoms with van der Waals surface area (Å²) in [4.78, 5) is 29.4. The van der Waals surface area contributed by atoms with Crippen LogP contribution >= 0.6 is 0 Å². The first kappa shape index (κ1) is 16.9. The third-order valence-electron chi connectivity index (χ3n) is 4.68. The van der Waals surface area contributed by atoms with Crippen molar-refractivity contribution in [3.63, 3.8) is 0 Å². The minimum absolute atomic E-state index is 0.0753. The van der Waals surface area contributed by atoms with E-state index in [2.05, 4.69) is 15.1 Å². The second kappa shape index (κ2) is 7.27. The lowest BCUT2D eigenvalue weighted by Gasteiger charge is -2.43. The normalized spacial score (nSPS) is 21.8. The van der Waals surface area contributed by atoms with Crippen molar-refractivity contribution in [1.29, 1.82) is 0 Å². The van der Waals surface area contributed by atoms with Crippen molar-refractivity contribution in [3.05, 3.63) is 35.6 Å². The van der Waals surface area contributed by atoms with Gasteiger partial charge in [-0.3, -0.25) is 14.5 Å². The average molecular weight is 334 g/mol. The van der Waals surface area contributed by atoms with Gasteiger partial charge in [0.05, 0.1) is 6.04 Å². The first-order valence-electron chi connectivity index (χ1n) is 8.27. The summed E-state index contributed by atoms with van der Waals surface area (Å²) in [7, 11) is 2.05. The first-order valence-corrected chi connectivity index (χ1v) is 8.27. The highest BCUT2D eigenvalue weighted by molar-refractivity contribution is 6.35. The molecule has 3 rings (SSSR count). The summed E-state index contributed by atoms with van der Waals surface area (Å²) in [6, 6.07) is 6.65. The largest absolute Gasteiger partial charge is 0.346 e. The lowest BCUT2D eigenvalue weighted by Crippen LogP contribution is -2.65. The zero-order valence-corrected chi connectivity index (χ0v) is 13.9. The van der Waals surface area contributed by atoms with Gasteiger partial charge >= 0.3 is 11.8 Å². The maximum atomic E-state index is 12.9. The molecule has 7 heteroatoms. The Labute approximate surface area is 141 Å². The fraction of sp³-hybridized carbons (Fsp3) is 0.529. The van der Waals surface area contributed by atoms with Crippen molar-refractivity contribution in [3.8, 4) is 0 Å². The van der Waals surface area contributed by atoms with Crippen LogP contribution in [0.4, 0.5) is 4.39 Å². The second-order valence-corrected chi connectivity index (χ2v) is 6.53. The van der Waals surface area contributed by atoms with Gasteiger partial charge in [0.25, 0.3) is 0 Å². The molecular weight excluding hydrogens is 311 g/mol. The molecule has 1 N–H and O–H groups in total. The maximum absolute atomic E-state index is 12.9. The number of hydrogen-bond acceptors (Lipinski definition) is 4. The maximum Gasteiger partial charge on any atom is 0.312 e. The third kappa shape index (κ3) is 3.91. The van der Waals surface area contributed by atoms with Gasteiger partial charge in [0.2, 0.25) is 0 Å². The Morgan fingerprint density at radius 2 is 2.00 bits per heavy atom. The zero-order chi connectivity index (χ0) is 17.1. The second-order valence-electron chi connectivity index (χ2n) is 6.53. The van der Waals surface area contributed by atoms with E-state index in [0.717, 1.165) is 38.3 Å². The Bertz CT molecular complexity index is 607. The molecule has 1 atom stereocenters. The van der Waals surface area contributed by atoms with Gasteiger partial charge in [0, 0.05) is 45.8 Å². The smallest absolute Gasteiger partial charge is 0.312 e. The Balaban J connectivity index is 1.45. The highest BCUT2D eigenvalue weighted by atomic mass is 19.1. The molecule has 0 radical (unpaired) electrons. The minimum Gasteiger partial charge on any atom is -0.346 e. The number of rotatable bonds is 5. The molecule has 2 heterocycles. The molecule has 0 aromatic heterocycles. The topological polar surface area (TPSA) is 55.9 Å². The van der Waals surface area contributed by atoms with Crippen LogP contribution in [-0.4, -0.2) is 78.9 Å². The summed E-state index contributed by atoms with van der Waals surface area (Å²) in [5.74, 6) is -1.11. The van der Waals surface area contributed by atoms with Gasteiger partial charge in [0.15, 0.2) is 0 Å². The van der Waals surface area contributed by atoms with Crippen LogP contribution in [0.2, 0.25) is 0 Å².